The molecule has 1 heterocycles. The van der Waals surface area contributed by atoms with Crippen molar-refractivity contribution in [2.45, 2.75) is 6.04 Å². The molecule has 4 rings (SSSR count). The van der Waals surface area contributed by atoms with Gasteiger partial charge in [0.2, 0.25) is 5.69 Å². The van der Waals surface area contributed by atoms with Gasteiger partial charge in [-0.2, -0.15) is 4.73 Å². The van der Waals surface area contributed by atoms with Gasteiger partial charge in [0.1, 0.15) is 6.04 Å². The Bertz CT molecular complexity index is 1350. The first-order valence-electron chi connectivity index (χ1n) is 10.6. The molecule has 1 unspecified atom stereocenters. The first-order chi connectivity index (χ1) is 16.9. The zero-order valence-electron chi connectivity index (χ0n) is 18.2. The number of hydrogen-bond donors (Lipinski definition) is 3. The second-order valence-corrected chi connectivity index (χ2v) is 9.14. The van der Waals surface area contributed by atoms with Crippen LogP contribution in [0.15, 0.2) is 97.2 Å². The number of urea groups is 1. The summed E-state index contributed by atoms with van der Waals surface area (Å²) in [5.41, 5.74) is 2.95. The number of anilines is 2. The molecule has 0 aliphatic rings. The summed E-state index contributed by atoms with van der Waals surface area (Å²) >= 11 is 8.03. The summed E-state index contributed by atoms with van der Waals surface area (Å²) in [6.45, 7) is 0. The number of hydrogen-bond acceptors (Lipinski definition) is 3. The fraction of sp³-hybridized carbons (Fsp3) is 0.0385. The Morgan fingerprint density at radius 3 is 2.14 bits per heavy atom. The van der Waals surface area contributed by atoms with Crippen LogP contribution in [0.2, 0.25) is 5.02 Å². The Labute approximate surface area is 220 Å². The molecule has 3 amide bonds. The molecule has 176 valence electrons. The van der Waals surface area contributed by atoms with Crippen LogP contribution in [0.5, 0.6) is 0 Å². The van der Waals surface area contributed by atoms with Gasteiger partial charge in [-0.15, -0.1) is 0 Å². The van der Waals surface area contributed by atoms with Gasteiger partial charge in [0.25, 0.3) is 5.91 Å². The third-order valence-electron chi connectivity index (χ3n) is 5.13. The molecule has 3 N–H and O–H groups in total. The third kappa shape index (κ3) is 6.28. The molecule has 1 aromatic heterocycles. The molecule has 0 aliphatic carbocycles. The van der Waals surface area contributed by atoms with Crippen LogP contribution in [-0.4, -0.2) is 11.9 Å². The molecule has 0 spiro atoms. The van der Waals surface area contributed by atoms with E-state index in [2.05, 4.69) is 38.5 Å². The highest BCUT2D eigenvalue weighted by molar-refractivity contribution is 14.1. The Morgan fingerprint density at radius 2 is 1.46 bits per heavy atom. The van der Waals surface area contributed by atoms with Crippen molar-refractivity contribution in [3.05, 3.63) is 117 Å². The topological polar surface area (TPSA) is 97.2 Å². The first kappa shape index (κ1) is 24.5. The Morgan fingerprint density at radius 1 is 0.829 bits per heavy atom. The highest BCUT2D eigenvalue weighted by atomic mass is 127. The van der Waals surface area contributed by atoms with Gasteiger partial charge in [0.15, 0.2) is 6.20 Å². The smallest absolute Gasteiger partial charge is 0.320 e. The number of rotatable bonds is 6. The van der Waals surface area contributed by atoms with Crippen molar-refractivity contribution in [3.8, 4) is 11.3 Å². The predicted molar refractivity (Wildman–Crippen MR) is 145 cm³/mol. The summed E-state index contributed by atoms with van der Waals surface area (Å²) in [5.74, 6) is -0.410. The van der Waals surface area contributed by atoms with Gasteiger partial charge in [0.05, 0.1) is 0 Å². The second-order valence-electron chi connectivity index (χ2n) is 7.54. The normalized spacial score (nSPS) is 11.4. The van der Waals surface area contributed by atoms with Crippen molar-refractivity contribution >= 4 is 57.5 Å². The SMILES string of the molecule is O=C(Nc1ccc(Cl)cc1)NC(C(=O)Nc1ccc(-c2cccc[n+]2[O-])cc1)c1ccccc1I. The lowest BCUT2D eigenvalue weighted by Crippen LogP contribution is -2.39. The van der Waals surface area contributed by atoms with Crippen LogP contribution in [0.1, 0.15) is 11.6 Å². The van der Waals surface area contributed by atoms with Crippen LogP contribution in [0.3, 0.4) is 0 Å². The predicted octanol–water partition coefficient (Wildman–Crippen LogP) is 5.75. The minimum atomic E-state index is -0.951. The van der Waals surface area contributed by atoms with Crippen molar-refractivity contribution in [1.29, 1.82) is 0 Å². The van der Waals surface area contributed by atoms with Crippen molar-refractivity contribution in [2.24, 2.45) is 0 Å². The summed E-state index contributed by atoms with van der Waals surface area (Å²) in [6, 6.07) is 24.6. The molecule has 0 fully saturated rings. The molecule has 0 saturated heterocycles. The van der Waals surface area contributed by atoms with Crippen molar-refractivity contribution < 1.29 is 14.3 Å². The van der Waals surface area contributed by atoms with Gasteiger partial charge in [-0.3, -0.25) is 4.79 Å². The maximum absolute atomic E-state index is 13.3. The third-order valence-corrected chi connectivity index (χ3v) is 6.36. The summed E-state index contributed by atoms with van der Waals surface area (Å²) in [7, 11) is 0. The van der Waals surface area contributed by atoms with Crippen molar-refractivity contribution in [3.63, 3.8) is 0 Å². The number of amides is 3. The van der Waals surface area contributed by atoms with Crippen LogP contribution < -0.4 is 20.7 Å². The van der Waals surface area contributed by atoms with Gasteiger partial charge >= 0.3 is 6.03 Å². The number of carbonyl (C=O) groups excluding carboxylic acids is 2. The van der Waals surface area contributed by atoms with Gasteiger partial charge < -0.3 is 21.2 Å². The van der Waals surface area contributed by atoms with E-state index in [-0.39, 0.29) is 0 Å². The Balaban J connectivity index is 1.52. The van der Waals surface area contributed by atoms with Gasteiger partial charge in [0, 0.05) is 37.7 Å². The molecule has 3 aromatic carbocycles. The molecule has 0 radical (unpaired) electrons. The Kier molecular flexibility index (Phi) is 7.84. The van der Waals surface area contributed by atoms with E-state index in [4.69, 9.17) is 11.6 Å². The number of benzene rings is 3. The zero-order valence-corrected chi connectivity index (χ0v) is 21.2. The van der Waals surface area contributed by atoms with Crippen LogP contribution in [0.4, 0.5) is 16.2 Å². The molecular weight excluding hydrogens is 579 g/mol. The minimum Gasteiger partial charge on any atom is -0.618 e. The molecule has 0 saturated carbocycles. The molecule has 1 atom stereocenters. The lowest BCUT2D eigenvalue weighted by Gasteiger charge is -2.20. The van der Waals surface area contributed by atoms with Crippen LogP contribution in [0, 0.1) is 8.78 Å². The molecule has 9 heteroatoms. The number of carbonyl (C=O) groups is 2. The van der Waals surface area contributed by atoms with Crippen molar-refractivity contribution in [1.82, 2.24) is 5.32 Å². The summed E-state index contributed by atoms with van der Waals surface area (Å²) in [6.07, 6.45) is 1.43. The van der Waals surface area contributed by atoms with E-state index in [0.29, 0.717) is 33.2 Å². The number of aromatic nitrogens is 1. The van der Waals surface area contributed by atoms with E-state index in [1.54, 1.807) is 72.8 Å². The molecule has 4 aromatic rings. The number of nitrogens with one attached hydrogen (secondary N) is 3. The highest BCUT2D eigenvalue weighted by Crippen LogP contribution is 2.24. The fourth-order valence-electron chi connectivity index (χ4n) is 3.42. The van der Waals surface area contributed by atoms with E-state index in [1.807, 2.05) is 18.2 Å². The van der Waals surface area contributed by atoms with Crippen LogP contribution in [-0.2, 0) is 4.79 Å². The standard InChI is InChI=1S/C26H20ClIN4O3/c27-18-10-14-20(15-11-18)30-26(34)31-24(21-5-1-2-6-22(21)28)25(33)29-19-12-8-17(9-13-19)23-7-3-4-16-32(23)35/h1-16,24H,(H,29,33)(H2,30,31,34). The van der Waals surface area contributed by atoms with Gasteiger partial charge in [-0.05, 0) is 88.8 Å². The molecule has 0 aliphatic heterocycles. The van der Waals surface area contributed by atoms with E-state index >= 15 is 0 Å². The fourth-order valence-corrected chi connectivity index (χ4v) is 4.24. The number of nitrogens with zero attached hydrogens (tertiary/aromatic N) is 1. The molecule has 0 bridgehead atoms. The monoisotopic (exact) mass is 598 g/mol. The average molecular weight is 599 g/mol. The van der Waals surface area contributed by atoms with Crippen LogP contribution in [0.25, 0.3) is 11.3 Å². The van der Waals surface area contributed by atoms with Crippen LogP contribution >= 0.6 is 34.2 Å². The number of halogens is 2. The largest absolute Gasteiger partial charge is 0.618 e. The quantitative estimate of drug-likeness (QED) is 0.150. The molecular formula is C26H20ClIN4O3. The molecule has 7 nitrogen and oxygen atoms in total. The lowest BCUT2D eigenvalue weighted by molar-refractivity contribution is -0.593. The Hall–Kier alpha value is -3.63. The molecule has 35 heavy (non-hydrogen) atoms. The van der Waals surface area contributed by atoms with Crippen molar-refractivity contribution in [2.75, 3.05) is 10.6 Å². The van der Waals surface area contributed by atoms with E-state index < -0.39 is 18.0 Å². The lowest BCUT2D eigenvalue weighted by atomic mass is 10.1. The van der Waals surface area contributed by atoms with E-state index in [9.17, 15) is 14.8 Å². The summed E-state index contributed by atoms with van der Waals surface area (Å²) in [4.78, 5) is 26.0. The maximum Gasteiger partial charge on any atom is 0.320 e. The van der Waals surface area contributed by atoms with Gasteiger partial charge in [-0.25, -0.2) is 4.79 Å². The second kappa shape index (κ2) is 11.2. The summed E-state index contributed by atoms with van der Waals surface area (Å²) in [5, 5.41) is 20.9. The maximum atomic E-state index is 13.3. The zero-order chi connectivity index (χ0) is 24.8. The minimum absolute atomic E-state index is 0.410. The van der Waals surface area contributed by atoms with E-state index in [0.717, 1.165) is 8.30 Å². The summed E-state index contributed by atoms with van der Waals surface area (Å²) < 4.78 is 1.61. The van der Waals surface area contributed by atoms with E-state index in [1.165, 1.54) is 6.20 Å². The first-order valence-corrected chi connectivity index (χ1v) is 12.0. The van der Waals surface area contributed by atoms with Gasteiger partial charge in [-0.1, -0.05) is 29.8 Å². The number of pyridine rings is 1. The highest BCUT2D eigenvalue weighted by Gasteiger charge is 2.25. The average Bonchev–Trinajstić information content (AvgIpc) is 2.85.